The summed E-state index contributed by atoms with van der Waals surface area (Å²) in [6, 6.07) is 16.9. The van der Waals surface area contributed by atoms with Crippen molar-refractivity contribution in [1.29, 1.82) is 0 Å². The molecule has 0 bridgehead atoms. The summed E-state index contributed by atoms with van der Waals surface area (Å²) in [5.74, 6) is -7.70. The minimum absolute atomic E-state index is 0.572. The van der Waals surface area contributed by atoms with E-state index in [-0.39, 0.29) is 0 Å². The second-order valence-electron chi connectivity index (χ2n) is 15.3. The molecule has 0 heterocycles. The number of hydrogen-bond acceptors (Lipinski definition) is 10. The van der Waals surface area contributed by atoms with Crippen molar-refractivity contribution in [2.24, 2.45) is 11.3 Å². The van der Waals surface area contributed by atoms with Crippen LogP contribution in [0.5, 0.6) is 0 Å². The molecule has 8 atom stereocenters. The molecular weight excluding hydrogens is 847 g/mol. The second kappa shape index (κ2) is 18.0. The average molecular weight is 893 g/mol. The van der Waals surface area contributed by atoms with Gasteiger partial charge in [0.1, 0.15) is 23.9 Å². The van der Waals surface area contributed by atoms with Gasteiger partial charge in [0.15, 0.2) is 0 Å². The highest BCUT2D eigenvalue weighted by molar-refractivity contribution is 5.84. The standard InChI is InChI=1S/C43H45F9O10/c1-26(60-33(53)38(57-5,41(44,45)46)27-17-11-8-12-18-27)23-24-30-36(2,3)31(61-34(54)39(58-6,42(47,48)49)28-19-13-9-14-20-28)25-32(37(30,4)56)62-35(55)40(59-7,43(50,51)52)29-21-15-10-16-22-29/h8-24,26,30-32,56H,25H2,1-7H3/b24-23+/t26-,30-,31-,32-,37-,38-,39-,40-/m1/s1. The highest BCUT2D eigenvalue weighted by Gasteiger charge is 2.68. The highest BCUT2D eigenvalue weighted by Crippen LogP contribution is 2.53. The summed E-state index contributed by atoms with van der Waals surface area (Å²) in [7, 11) is 1.80. The van der Waals surface area contributed by atoms with E-state index < -0.39 is 112 Å². The maximum atomic E-state index is 15.0. The molecular formula is C43H45F9O10. The maximum Gasteiger partial charge on any atom is 0.432 e. The SMILES string of the molecule is CO[C@@](C(=O)O[C@H](C)/C=C/[C@@H]1C(C)(C)[C@H](OC(=O)[C@](OC)(c2ccccc2)C(F)(F)F)C[C@@H](OC(=O)[C@](OC)(c2ccccc2)C(F)(F)F)[C@]1(C)O)(c1ccccc1)C(F)(F)F. The summed E-state index contributed by atoms with van der Waals surface area (Å²) >= 11 is 0. The van der Waals surface area contributed by atoms with Crippen LogP contribution in [-0.4, -0.2) is 86.8 Å². The zero-order valence-electron chi connectivity index (χ0n) is 34.4. The number of esters is 3. The molecule has 62 heavy (non-hydrogen) atoms. The third kappa shape index (κ3) is 8.68. The molecule has 4 rings (SSSR count). The molecule has 3 aromatic carbocycles. The van der Waals surface area contributed by atoms with Crippen LogP contribution in [0.25, 0.3) is 0 Å². The Hall–Kier alpha value is -4.98. The van der Waals surface area contributed by atoms with E-state index in [0.717, 1.165) is 62.4 Å². The number of ether oxygens (including phenoxy) is 6. The summed E-state index contributed by atoms with van der Waals surface area (Å²) in [6.07, 6.45) is -20.9. The fourth-order valence-corrected chi connectivity index (χ4v) is 7.84. The Bertz CT molecular complexity index is 1940. The lowest BCUT2D eigenvalue weighted by molar-refractivity contribution is -0.291. The lowest BCUT2D eigenvalue weighted by Gasteiger charge is -2.54. The Morgan fingerprint density at radius 2 is 0.919 bits per heavy atom. The van der Waals surface area contributed by atoms with Crippen LogP contribution in [0, 0.1) is 11.3 Å². The quantitative estimate of drug-likeness (QED) is 0.0730. The van der Waals surface area contributed by atoms with Gasteiger partial charge < -0.3 is 33.5 Å². The van der Waals surface area contributed by atoms with Crippen molar-refractivity contribution >= 4 is 17.9 Å². The molecule has 1 N–H and O–H groups in total. The molecule has 340 valence electrons. The van der Waals surface area contributed by atoms with Crippen LogP contribution < -0.4 is 0 Å². The van der Waals surface area contributed by atoms with E-state index in [0.29, 0.717) is 21.3 Å². The minimum Gasteiger partial charge on any atom is -0.459 e. The van der Waals surface area contributed by atoms with Gasteiger partial charge in [-0.1, -0.05) is 111 Å². The number of methoxy groups -OCH3 is 3. The first-order valence-corrected chi connectivity index (χ1v) is 18.7. The maximum absolute atomic E-state index is 15.0. The van der Waals surface area contributed by atoms with E-state index in [1.54, 1.807) is 0 Å². The summed E-state index contributed by atoms with van der Waals surface area (Å²) in [5.41, 5.74) is -17.6. The number of carbonyl (C=O) groups excluding carboxylic acids is 3. The van der Waals surface area contributed by atoms with Crippen LogP contribution >= 0.6 is 0 Å². The second-order valence-corrected chi connectivity index (χ2v) is 15.3. The fourth-order valence-electron chi connectivity index (χ4n) is 7.84. The van der Waals surface area contributed by atoms with Gasteiger partial charge in [0, 0.05) is 55.8 Å². The third-order valence-electron chi connectivity index (χ3n) is 11.2. The summed E-state index contributed by atoms with van der Waals surface area (Å²) in [5, 5.41) is 12.2. The summed E-state index contributed by atoms with van der Waals surface area (Å²) < 4.78 is 164. The van der Waals surface area contributed by atoms with Crippen LogP contribution in [0.3, 0.4) is 0 Å². The smallest absolute Gasteiger partial charge is 0.432 e. The molecule has 0 aliphatic heterocycles. The first-order chi connectivity index (χ1) is 28.7. The van der Waals surface area contributed by atoms with Crippen molar-refractivity contribution in [2.45, 2.75) is 93.4 Å². The van der Waals surface area contributed by atoms with E-state index in [1.165, 1.54) is 68.4 Å². The monoisotopic (exact) mass is 892 g/mol. The van der Waals surface area contributed by atoms with Gasteiger partial charge >= 0.3 is 36.4 Å². The van der Waals surface area contributed by atoms with Crippen molar-refractivity contribution in [3.05, 3.63) is 120 Å². The van der Waals surface area contributed by atoms with Crippen LogP contribution in [0.4, 0.5) is 39.5 Å². The predicted molar refractivity (Wildman–Crippen MR) is 201 cm³/mol. The van der Waals surface area contributed by atoms with Gasteiger partial charge in [-0.05, 0) is 19.9 Å². The Morgan fingerprint density at radius 1 is 0.597 bits per heavy atom. The molecule has 0 spiro atoms. The number of rotatable bonds is 14. The molecule has 3 aromatic rings. The number of aliphatic hydroxyl groups is 1. The van der Waals surface area contributed by atoms with Crippen LogP contribution in [0.2, 0.25) is 0 Å². The Labute approximate surface area is 350 Å². The number of benzene rings is 3. The lowest BCUT2D eigenvalue weighted by atomic mass is 9.59. The number of carbonyl (C=O) groups is 3. The zero-order chi connectivity index (χ0) is 46.7. The summed E-state index contributed by atoms with van der Waals surface area (Å²) in [6.45, 7) is 4.71. The zero-order valence-corrected chi connectivity index (χ0v) is 34.4. The Morgan fingerprint density at radius 3 is 1.24 bits per heavy atom. The van der Waals surface area contributed by atoms with Gasteiger partial charge in [0.05, 0.1) is 0 Å². The van der Waals surface area contributed by atoms with Gasteiger partial charge in [-0.3, -0.25) is 0 Å². The Kier molecular flexibility index (Phi) is 14.4. The van der Waals surface area contributed by atoms with Gasteiger partial charge in [-0.25, -0.2) is 14.4 Å². The number of hydrogen-bond donors (Lipinski definition) is 1. The van der Waals surface area contributed by atoms with Gasteiger partial charge in [-0.2, -0.15) is 39.5 Å². The first-order valence-electron chi connectivity index (χ1n) is 18.7. The van der Waals surface area contributed by atoms with E-state index in [1.807, 2.05) is 0 Å². The summed E-state index contributed by atoms with van der Waals surface area (Å²) in [4.78, 5) is 41.2. The van der Waals surface area contributed by atoms with Gasteiger partial charge in [0.25, 0.3) is 16.8 Å². The molecule has 0 saturated heterocycles. The van der Waals surface area contributed by atoms with Crippen LogP contribution in [0.15, 0.2) is 103 Å². The molecule has 0 radical (unpaired) electrons. The molecule has 1 saturated carbocycles. The van der Waals surface area contributed by atoms with Crippen molar-refractivity contribution < 1.29 is 87.4 Å². The normalized spacial score (nSPS) is 24.2. The molecule has 0 amide bonds. The molecule has 0 aromatic heterocycles. The van der Waals surface area contributed by atoms with E-state index >= 15 is 0 Å². The lowest BCUT2D eigenvalue weighted by Crippen LogP contribution is -2.64. The van der Waals surface area contributed by atoms with E-state index in [9.17, 15) is 59.0 Å². The minimum atomic E-state index is -5.52. The molecule has 1 aliphatic rings. The van der Waals surface area contributed by atoms with E-state index in [4.69, 9.17) is 28.4 Å². The van der Waals surface area contributed by atoms with Gasteiger partial charge in [0.2, 0.25) is 0 Å². The molecule has 0 unspecified atom stereocenters. The molecule has 1 aliphatic carbocycles. The number of halogens is 9. The number of alkyl halides is 9. The highest BCUT2D eigenvalue weighted by atomic mass is 19.4. The van der Waals surface area contributed by atoms with Gasteiger partial charge in [-0.15, -0.1) is 0 Å². The van der Waals surface area contributed by atoms with Crippen molar-refractivity contribution in [3.8, 4) is 0 Å². The topological polar surface area (TPSA) is 127 Å². The molecule has 19 heteroatoms. The molecule has 1 fully saturated rings. The van der Waals surface area contributed by atoms with E-state index in [2.05, 4.69) is 0 Å². The average Bonchev–Trinajstić information content (AvgIpc) is 3.17. The van der Waals surface area contributed by atoms with Crippen LogP contribution in [-0.2, 0) is 59.6 Å². The Balaban J connectivity index is 1.84. The predicted octanol–water partition coefficient (Wildman–Crippen LogP) is 8.41. The van der Waals surface area contributed by atoms with Crippen molar-refractivity contribution in [3.63, 3.8) is 0 Å². The largest absolute Gasteiger partial charge is 0.459 e. The van der Waals surface area contributed by atoms with Crippen molar-refractivity contribution in [1.82, 2.24) is 0 Å². The van der Waals surface area contributed by atoms with Crippen molar-refractivity contribution in [2.75, 3.05) is 21.3 Å². The molecule has 10 nitrogen and oxygen atoms in total. The van der Waals surface area contributed by atoms with Crippen LogP contribution in [0.1, 0.15) is 50.8 Å². The third-order valence-corrected chi connectivity index (χ3v) is 11.2. The fraction of sp³-hybridized carbons (Fsp3) is 0.465. The first kappa shape index (κ1) is 49.7.